The average molecular weight is 568 g/mol. The Morgan fingerprint density at radius 2 is 1.90 bits per heavy atom. The van der Waals surface area contributed by atoms with Crippen LogP contribution in [0, 0.1) is 11.3 Å². The zero-order chi connectivity index (χ0) is 28.6. The van der Waals surface area contributed by atoms with Crippen LogP contribution in [0.15, 0.2) is 42.5 Å². The van der Waals surface area contributed by atoms with Crippen molar-refractivity contribution in [3.8, 4) is 5.75 Å². The van der Waals surface area contributed by atoms with Crippen molar-refractivity contribution in [3.05, 3.63) is 58.6 Å². The van der Waals surface area contributed by atoms with Gasteiger partial charge in [-0.25, -0.2) is 0 Å². The highest BCUT2D eigenvalue weighted by molar-refractivity contribution is 6.34. The Morgan fingerprint density at radius 3 is 2.49 bits per heavy atom. The lowest BCUT2D eigenvalue weighted by atomic mass is 9.89. The first-order valence-corrected chi connectivity index (χ1v) is 13.2. The second-order valence-electron chi connectivity index (χ2n) is 10.4. The summed E-state index contributed by atoms with van der Waals surface area (Å²) >= 11 is 6.31. The molecular weight excluding hydrogens is 535 g/mol. The van der Waals surface area contributed by atoms with E-state index in [0.717, 1.165) is 55.1 Å². The van der Waals surface area contributed by atoms with E-state index < -0.39 is 23.2 Å². The molecule has 0 radical (unpaired) electrons. The van der Waals surface area contributed by atoms with Crippen LogP contribution >= 0.6 is 11.6 Å². The number of hydrogen-bond donors (Lipinski definition) is 2. The molecule has 1 saturated carbocycles. The molecule has 4 rings (SSSR count). The molecule has 2 amide bonds. The normalized spacial score (nSPS) is 19.8. The number of aliphatic hydroxyl groups is 1. The number of piperidine rings is 1. The van der Waals surface area contributed by atoms with Crippen molar-refractivity contribution >= 4 is 29.1 Å². The average Bonchev–Trinajstić information content (AvgIpc) is 3.60. The summed E-state index contributed by atoms with van der Waals surface area (Å²) in [5.74, 6) is -1.25. The highest BCUT2D eigenvalue weighted by atomic mass is 35.5. The Hall–Kier alpha value is -2.98. The Bertz CT molecular complexity index is 1230. The number of rotatable bonds is 8. The zero-order valence-corrected chi connectivity index (χ0v) is 22.9. The fourth-order valence-electron chi connectivity index (χ4n) is 5.67. The molecule has 1 aliphatic carbocycles. The number of nitrogens with one attached hydrogen (secondary N) is 1. The van der Waals surface area contributed by atoms with Crippen molar-refractivity contribution in [2.24, 2.45) is 11.3 Å². The van der Waals surface area contributed by atoms with Crippen LogP contribution in [0.3, 0.4) is 0 Å². The molecule has 2 aliphatic rings. The molecule has 2 unspecified atom stereocenters. The minimum atomic E-state index is -5.21. The van der Waals surface area contributed by atoms with Gasteiger partial charge in [0.05, 0.1) is 17.7 Å². The molecule has 1 aliphatic heterocycles. The third-order valence-corrected chi connectivity index (χ3v) is 8.59. The van der Waals surface area contributed by atoms with E-state index in [2.05, 4.69) is 10.2 Å². The van der Waals surface area contributed by atoms with Gasteiger partial charge in [-0.15, -0.1) is 0 Å². The second-order valence-corrected chi connectivity index (χ2v) is 10.9. The fraction of sp³-hybridized carbons (Fsp3) is 0.500. The summed E-state index contributed by atoms with van der Waals surface area (Å²) in [4.78, 5) is 28.1. The fourth-order valence-corrected chi connectivity index (χ4v) is 5.93. The van der Waals surface area contributed by atoms with Crippen LogP contribution in [-0.2, 0) is 10.4 Å². The number of methoxy groups -OCH3 is 1. The molecule has 0 bridgehead atoms. The summed E-state index contributed by atoms with van der Waals surface area (Å²) in [6.45, 7) is 1.70. The molecule has 2 aromatic rings. The smallest absolute Gasteiger partial charge is 0.430 e. The number of carbonyl (C=O) groups is 2. The number of anilines is 1. The molecule has 2 N–H and O–H groups in total. The van der Waals surface area contributed by atoms with Crippen molar-refractivity contribution in [2.45, 2.75) is 37.5 Å². The van der Waals surface area contributed by atoms with Gasteiger partial charge in [0.1, 0.15) is 5.75 Å². The topological polar surface area (TPSA) is 82.1 Å². The number of halogens is 4. The molecular formula is C28H33ClF3N3O4. The summed E-state index contributed by atoms with van der Waals surface area (Å²) in [6, 6.07) is 10.2. The zero-order valence-electron chi connectivity index (χ0n) is 22.1. The van der Waals surface area contributed by atoms with E-state index in [0.29, 0.717) is 22.9 Å². The van der Waals surface area contributed by atoms with Crippen LogP contribution in [0.2, 0.25) is 5.02 Å². The van der Waals surface area contributed by atoms with E-state index in [1.165, 1.54) is 26.3 Å². The van der Waals surface area contributed by atoms with E-state index in [4.69, 9.17) is 16.3 Å². The molecule has 1 heterocycles. The first-order valence-electron chi connectivity index (χ1n) is 12.8. The third kappa shape index (κ3) is 5.54. The van der Waals surface area contributed by atoms with E-state index >= 15 is 0 Å². The number of amides is 2. The molecule has 2 fully saturated rings. The summed E-state index contributed by atoms with van der Waals surface area (Å²) in [5, 5.41) is 13.7. The monoisotopic (exact) mass is 567 g/mol. The summed E-state index contributed by atoms with van der Waals surface area (Å²) in [5.41, 5.74) is -2.78. The molecule has 0 aromatic heterocycles. The lowest BCUT2D eigenvalue weighted by molar-refractivity contribution is -0.261. The Morgan fingerprint density at radius 1 is 1.21 bits per heavy atom. The maximum absolute atomic E-state index is 14.0. The van der Waals surface area contributed by atoms with Gasteiger partial charge in [-0.2, -0.15) is 13.2 Å². The number of hydrogen-bond acceptors (Lipinski definition) is 5. The predicted molar refractivity (Wildman–Crippen MR) is 142 cm³/mol. The molecule has 2 aromatic carbocycles. The Labute approximate surface area is 230 Å². The predicted octanol–water partition coefficient (Wildman–Crippen LogP) is 4.61. The summed E-state index contributed by atoms with van der Waals surface area (Å²) in [7, 11) is 4.14. The molecule has 1 spiro atoms. The molecule has 7 nitrogen and oxygen atoms in total. The maximum atomic E-state index is 14.0. The maximum Gasteiger partial charge on any atom is 0.430 e. The van der Waals surface area contributed by atoms with E-state index in [-0.39, 0.29) is 23.6 Å². The van der Waals surface area contributed by atoms with E-state index in [1.54, 1.807) is 19.2 Å². The van der Waals surface area contributed by atoms with Crippen molar-refractivity contribution in [3.63, 3.8) is 0 Å². The van der Waals surface area contributed by atoms with Crippen molar-refractivity contribution < 1.29 is 32.6 Å². The van der Waals surface area contributed by atoms with Gasteiger partial charge in [0, 0.05) is 45.0 Å². The standard InChI is InChI=1S/C28H33ClF3N3O4/c1-33-24(36)22-8-7-20(16-23(22)29)35-13-10-26(11-14-35)17-19(26)9-12-34(2)25(37)27(38,28(30,31)32)18-5-4-6-21(15-18)39-3/h4-8,15-16,19,38H,9-14,17H2,1-3H3,(H,33,36). The summed E-state index contributed by atoms with van der Waals surface area (Å²) < 4.78 is 47.1. The van der Waals surface area contributed by atoms with Crippen molar-refractivity contribution in [1.82, 2.24) is 10.2 Å². The minimum absolute atomic E-state index is 0.105. The molecule has 212 valence electrons. The van der Waals surface area contributed by atoms with Crippen molar-refractivity contribution in [2.75, 3.05) is 45.7 Å². The highest BCUT2D eigenvalue weighted by Gasteiger charge is 2.62. The SMILES string of the molecule is CNC(=O)c1ccc(N2CCC3(CC2)CC3CCN(C)C(=O)C(O)(c2cccc(OC)c2)C(F)(F)F)cc1Cl. The minimum Gasteiger partial charge on any atom is -0.497 e. The molecule has 2 atom stereocenters. The van der Waals surface area contributed by atoms with Crippen LogP contribution < -0.4 is 15.0 Å². The van der Waals surface area contributed by atoms with Gasteiger partial charge < -0.3 is 25.0 Å². The van der Waals surface area contributed by atoms with Crippen LogP contribution in [0.1, 0.15) is 41.6 Å². The Kier molecular flexibility index (Phi) is 8.10. The lowest BCUT2D eigenvalue weighted by Crippen LogP contribution is -2.55. The quantitative estimate of drug-likeness (QED) is 0.487. The van der Waals surface area contributed by atoms with Crippen molar-refractivity contribution in [1.29, 1.82) is 0 Å². The lowest BCUT2D eigenvalue weighted by Gasteiger charge is -2.35. The van der Waals surface area contributed by atoms with Crippen LogP contribution in [-0.4, -0.2) is 68.8 Å². The number of carbonyl (C=O) groups excluding carboxylic acids is 2. The van der Waals surface area contributed by atoms with Gasteiger partial charge in [0.25, 0.3) is 17.4 Å². The largest absolute Gasteiger partial charge is 0.497 e. The first-order chi connectivity index (χ1) is 18.4. The highest BCUT2D eigenvalue weighted by Crippen LogP contribution is 2.61. The van der Waals surface area contributed by atoms with E-state index in [9.17, 15) is 27.9 Å². The number of alkyl halides is 3. The number of benzene rings is 2. The second kappa shape index (κ2) is 10.9. The first kappa shape index (κ1) is 29.0. The third-order valence-electron chi connectivity index (χ3n) is 8.27. The van der Waals surface area contributed by atoms with Gasteiger partial charge in [0.15, 0.2) is 0 Å². The van der Waals surface area contributed by atoms with Gasteiger partial charge in [-0.05, 0) is 67.3 Å². The van der Waals surface area contributed by atoms with Gasteiger partial charge >= 0.3 is 6.18 Å². The molecule has 39 heavy (non-hydrogen) atoms. The van der Waals surface area contributed by atoms with E-state index in [1.807, 2.05) is 6.07 Å². The van der Waals surface area contributed by atoms with Gasteiger partial charge in [0.2, 0.25) is 0 Å². The number of likely N-dealkylation sites (N-methyl/N-ethyl adjacent to an activating group) is 1. The van der Waals surface area contributed by atoms with Gasteiger partial charge in [-0.3, -0.25) is 9.59 Å². The summed E-state index contributed by atoms with van der Waals surface area (Å²) in [6.07, 6.45) is -1.86. The van der Waals surface area contributed by atoms with Crippen LogP contribution in [0.25, 0.3) is 0 Å². The van der Waals surface area contributed by atoms with Crippen LogP contribution in [0.4, 0.5) is 18.9 Å². The molecule has 1 saturated heterocycles. The Balaban J connectivity index is 1.35. The molecule has 11 heteroatoms. The van der Waals surface area contributed by atoms with Crippen LogP contribution in [0.5, 0.6) is 5.75 Å². The number of nitrogens with zero attached hydrogens (tertiary/aromatic N) is 2. The van der Waals surface area contributed by atoms with Gasteiger partial charge in [-0.1, -0.05) is 23.7 Å². The number of ether oxygens (including phenoxy) is 1.